The quantitative estimate of drug-likeness (QED) is 0.193. The van der Waals surface area contributed by atoms with Crippen LogP contribution in [-0.2, 0) is 0 Å². The van der Waals surface area contributed by atoms with Crippen LogP contribution >= 0.6 is 0 Å². The van der Waals surface area contributed by atoms with Crippen LogP contribution < -0.4 is 26.2 Å². The molecule has 3 heterocycles. The van der Waals surface area contributed by atoms with Crippen LogP contribution in [0.15, 0.2) is 158 Å². The van der Waals surface area contributed by atoms with Crippen LogP contribution in [0.5, 0.6) is 0 Å². The first kappa shape index (κ1) is 26.0. The molecule has 0 fully saturated rings. The van der Waals surface area contributed by atoms with Crippen LogP contribution in [0, 0.1) is 0 Å². The normalized spacial score (nSPS) is 13.0. The zero-order valence-corrected chi connectivity index (χ0v) is 25.3. The predicted molar refractivity (Wildman–Crippen MR) is 194 cm³/mol. The Kier molecular flexibility index (Phi) is 5.60. The van der Waals surface area contributed by atoms with Crippen molar-refractivity contribution in [3.05, 3.63) is 158 Å². The van der Waals surface area contributed by atoms with Crippen molar-refractivity contribution >= 4 is 78.8 Å². The number of nitrogens with zero attached hydrogens (tertiary/aromatic N) is 5. The van der Waals surface area contributed by atoms with Crippen molar-refractivity contribution in [1.82, 2.24) is 15.0 Å². The molecule has 0 amide bonds. The molecule has 5 nitrogen and oxygen atoms in total. The summed E-state index contributed by atoms with van der Waals surface area (Å²) < 4.78 is 0. The number of anilines is 6. The van der Waals surface area contributed by atoms with Gasteiger partial charge in [0.05, 0.1) is 0 Å². The highest BCUT2D eigenvalue weighted by atomic mass is 15.2. The summed E-state index contributed by atoms with van der Waals surface area (Å²) >= 11 is 0. The van der Waals surface area contributed by atoms with Crippen molar-refractivity contribution in [1.29, 1.82) is 0 Å². The van der Waals surface area contributed by atoms with Gasteiger partial charge in [-0.1, -0.05) is 97.1 Å². The van der Waals surface area contributed by atoms with E-state index < -0.39 is 0 Å². The summed E-state index contributed by atoms with van der Waals surface area (Å²) in [6.07, 6.45) is 3.14. The molecule has 0 saturated carbocycles. The Morgan fingerprint density at radius 1 is 0.426 bits per heavy atom. The van der Waals surface area contributed by atoms with Gasteiger partial charge in [0.2, 0.25) is 0 Å². The van der Waals surface area contributed by atoms with E-state index in [1.807, 2.05) is 0 Å². The van der Waals surface area contributed by atoms with E-state index in [0.717, 1.165) is 28.3 Å². The summed E-state index contributed by atoms with van der Waals surface area (Å²) in [6.45, 7) is -0.0190. The number of rotatable bonds is 3. The minimum Gasteiger partial charge on any atom is -0.311 e. The molecule has 0 spiro atoms. The highest BCUT2D eigenvalue weighted by Gasteiger charge is 2.45. The Labute approximate surface area is 272 Å². The molecule has 1 aromatic heterocycles. The minimum atomic E-state index is -0.0190. The number of hydrogen-bond acceptors (Lipinski definition) is 5. The molecule has 6 heteroatoms. The standard InChI is InChI=1S/C41H26BN5/c1-3-13-30(14-4-1)46-34-21-19-27-11-7-9-17-32(27)38(34)42-39-33-18-10-8-12-28(33)20-22-35(39)47(31-15-5-2-6-16-31)37-24-29(23-36(46)40(37)42)41-44-25-43-26-45-41/h1-26H. The summed E-state index contributed by atoms with van der Waals surface area (Å²) in [7, 11) is 0. The Morgan fingerprint density at radius 2 is 0.894 bits per heavy atom. The van der Waals surface area contributed by atoms with Crippen molar-refractivity contribution in [3.63, 3.8) is 0 Å². The fourth-order valence-electron chi connectivity index (χ4n) is 7.77. The van der Waals surface area contributed by atoms with E-state index in [2.05, 4.69) is 170 Å². The average Bonchev–Trinajstić information content (AvgIpc) is 3.15. The lowest BCUT2D eigenvalue weighted by Gasteiger charge is -2.45. The molecular formula is C41H26BN5. The Morgan fingerprint density at radius 3 is 1.40 bits per heavy atom. The summed E-state index contributed by atoms with van der Waals surface area (Å²) in [5.74, 6) is 0.644. The lowest BCUT2D eigenvalue weighted by molar-refractivity contribution is 1.05. The number of hydrogen-bond donors (Lipinski definition) is 0. The Hall–Kier alpha value is -6.27. The first-order valence-corrected chi connectivity index (χ1v) is 15.9. The third kappa shape index (κ3) is 3.82. The molecule has 0 unspecified atom stereocenters. The van der Waals surface area contributed by atoms with E-state index in [-0.39, 0.29) is 6.71 Å². The Bertz CT molecular complexity index is 2330. The number of aromatic nitrogens is 3. The Balaban J connectivity index is 1.42. The molecule has 7 aromatic carbocycles. The molecular weight excluding hydrogens is 573 g/mol. The molecule has 10 rings (SSSR count). The van der Waals surface area contributed by atoms with Gasteiger partial charge in [-0.25, -0.2) is 15.0 Å². The molecule has 0 aliphatic carbocycles. The molecule has 8 aromatic rings. The largest absolute Gasteiger partial charge is 0.311 e. The molecule has 0 N–H and O–H groups in total. The smallest absolute Gasteiger partial charge is 0.253 e. The molecule has 47 heavy (non-hydrogen) atoms. The van der Waals surface area contributed by atoms with Crippen molar-refractivity contribution in [2.24, 2.45) is 0 Å². The topological polar surface area (TPSA) is 45.2 Å². The summed E-state index contributed by atoms with van der Waals surface area (Å²) in [5.41, 5.74) is 11.7. The number of benzene rings is 7. The molecule has 0 radical (unpaired) electrons. The van der Waals surface area contributed by atoms with E-state index >= 15 is 0 Å². The maximum atomic E-state index is 4.62. The molecule has 0 atom stereocenters. The van der Waals surface area contributed by atoms with Gasteiger partial charge in [0.15, 0.2) is 5.82 Å². The second kappa shape index (κ2) is 10.1. The van der Waals surface area contributed by atoms with Gasteiger partial charge >= 0.3 is 0 Å². The highest BCUT2D eigenvalue weighted by Crippen LogP contribution is 2.46. The second-order valence-electron chi connectivity index (χ2n) is 12.1. The third-order valence-corrected chi connectivity index (χ3v) is 9.64. The van der Waals surface area contributed by atoms with Crippen molar-refractivity contribution in [2.45, 2.75) is 0 Å². The maximum Gasteiger partial charge on any atom is 0.253 e. The summed E-state index contributed by atoms with van der Waals surface area (Å²) in [4.78, 5) is 18.2. The van der Waals surface area contributed by atoms with Gasteiger partial charge in [-0.2, -0.15) is 0 Å². The minimum absolute atomic E-state index is 0.0190. The van der Waals surface area contributed by atoms with Crippen molar-refractivity contribution in [3.8, 4) is 11.4 Å². The second-order valence-corrected chi connectivity index (χ2v) is 12.1. The fraction of sp³-hybridized carbons (Fsp3) is 0. The van der Waals surface area contributed by atoms with E-state index in [1.54, 1.807) is 12.7 Å². The van der Waals surface area contributed by atoms with E-state index in [0.29, 0.717) is 5.82 Å². The first-order chi connectivity index (χ1) is 23.3. The van der Waals surface area contributed by atoms with E-state index in [4.69, 9.17) is 0 Å². The predicted octanol–water partition coefficient (Wildman–Crippen LogP) is 7.93. The van der Waals surface area contributed by atoms with Crippen LogP contribution in [0.1, 0.15) is 0 Å². The zero-order valence-electron chi connectivity index (χ0n) is 25.3. The summed E-state index contributed by atoms with van der Waals surface area (Å²) in [6, 6.07) is 52.7. The molecule has 218 valence electrons. The molecule has 0 saturated heterocycles. The van der Waals surface area contributed by atoms with Gasteiger partial charge < -0.3 is 9.80 Å². The van der Waals surface area contributed by atoms with Gasteiger partial charge in [-0.15, -0.1) is 0 Å². The van der Waals surface area contributed by atoms with Crippen LogP contribution in [-0.4, -0.2) is 21.7 Å². The van der Waals surface area contributed by atoms with Gasteiger partial charge in [-0.3, -0.25) is 0 Å². The third-order valence-electron chi connectivity index (χ3n) is 9.64. The lowest BCUT2D eigenvalue weighted by Crippen LogP contribution is -2.61. The fourth-order valence-corrected chi connectivity index (χ4v) is 7.77. The highest BCUT2D eigenvalue weighted by molar-refractivity contribution is 7.02. The molecule has 2 aliphatic rings. The van der Waals surface area contributed by atoms with Gasteiger partial charge in [0, 0.05) is 39.7 Å². The van der Waals surface area contributed by atoms with Gasteiger partial charge in [0.1, 0.15) is 12.7 Å². The van der Waals surface area contributed by atoms with E-state index in [9.17, 15) is 0 Å². The molecule has 0 bridgehead atoms. The monoisotopic (exact) mass is 599 g/mol. The van der Waals surface area contributed by atoms with Crippen molar-refractivity contribution < 1.29 is 0 Å². The van der Waals surface area contributed by atoms with Crippen LogP contribution in [0.25, 0.3) is 32.9 Å². The van der Waals surface area contributed by atoms with Crippen LogP contribution in [0.3, 0.4) is 0 Å². The van der Waals surface area contributed by atoms with Gasteiger partial charge in [0.25, 0.3) is 6.71 Å². The average molecular weight is 600 g/mol. The van der Waals surface area contributed by atoms with Crippen LogP contribution in [0.4, 0.5) is 34.1 Å². The molecule has 2 aliphatic heterocycles. The maximum absolute atomic E-state index is 4.62. The van der Waals surface area contributed by atoms with Gasteiger partial charge in [-0.05, 0) is 86.5 Å². The first-order valence-electron chi connectivity index (χ1n) is 15.9. The zero-order chi connectivity index (χ0) is 30.9. The van der Waals surface area contributed by atoms with Crippen LogP contribution in [0.2, 0.25) is 0 Å². The number of para-hydroxylation sites is 2. The SMILES string of the molecule is c1ccc(N2c3cc(-c4ncncn4)cc4c3B(c3c2ccc2ccccc32)c2c(ccc3ccccc23)N4c2ccccc2)cc1. The number of fused-ring (bicyclic) bond motifs is 8. The van der Waals surface area contributed by atoms with E-state index in [1.165, 1.54) is 49.3 Å². The summed E-state index contributed by atoms with van der Waals surface area (Å²) in [5, 5.41) is 5.00. The van der Waals surface area contributed by atoms with Crippen molar-refractivity contribution in [2.75, 3.05) is 9.80 Å². The lowest BCUT2D eigenvalue weighted by atomic mass is 9.32.